The number of rotatable bonds is 4. The predicted molar refractivity (Wildman–Crippen MR) is 70.0 cm³/mol. The zero-order valence-electron chi connectivity index (χ0n) is 10.7. The fourth-order valence-corrected chi connectivity index (χ4v) is 2.47. The number of nitrogens with zero attached hydrogens (tertiary/aromatic N) is 1. The van der Waals surface area contributed by atoms with Crippen LogP contribution in [-0.4, -0.2) is 30.3 Å². The number of carbonyl (C=O) groups is 1. The van der Waals surface area contributed by atoms with Gasteiger partial charge in [0.2, 0.25) is 0 Å². The molecule has 0 spiro atoms. The molecule has 1 aromatic carbocycles. The number of hydrogen-bond donors (Lipinski definition) is 0. The summed E-state index contributed by atoms with van der Waals surface area (Å²) in [5.74, 6) is -1.71. The lowest BCUT2D eigenvalue weighted by atomic mass is 9.88. The number of likely N-dealkylation sites (tertiary alicyclic amines) is 1. The van der Waals surface area contributed by atoms with E-state index in [1.54, 1.807) is 0 Å². The molecule has 0 unspecified atom stereocenters. The number of benzene rings is 1. The highest BCUT2D eigenvalue weighted by Crippen LogP contribution is 2.23. The van der Waals surface area contributed by atoms with Crippen LogP contribution in [0.1, 0.15) is 23.2 Å². The summed E-state index contributed by atoms with van der Waals surface area (Å²) in [6, 6.07) is 3.03. The van der Waals surface area contributed by atoms with Gasteiger partial charge in [-0.05, 0) is 44.1 Å². The van der Waals surface area contributed by atoms with Crippen LogP contribution in [0, 0.1) is 17.6 Å². The maximum absolute atomic E-state index is 13.6. The average Bonchev–Trinajstić information content (AvgIpc) is 2.42. The summed E-state index contributed by atoms with van der Waals surface area (Å²) in [5, 5.41) is 0. The molecule has 0 saturated carbocycles. The lowest BCUT2D eigenvalue weighted by Gasteiger charge is -2.30. The summed E-state index contributed by atoms with van der Waals surface area (Å²) in [6.07, 6.45) is 3.19. The van der Waals surface area contributed by atoms with Crippen LogP contribution < -0.4 is 0 Å². The summed E-state index contributed by atoms with van der Waals surface area (Å²) in [5.41, 5.74) is -0.123. The van der Waals surface area contributed by atoms with Crippen molar-refractivity contribution in [3.8, 4) is 0 Å². The number of halogens is 2. The van der Waals surface area contributed by atoms with E-state index < -0.39 is 11.6 Å². The topological polar surface area (TPSA) is 20.3 Å². The summed E-state index contributed by atoms with van der Waals surface area (Å²) in [4.78, 5) is 14.4. The van der Waals surface area contributed by atoms with Crippen molar-refractivity contribution >= 4 is 5.78 Å². The van der Waals surface area contributed by atoms with Crippen molar-refractivity contribution in [1.29, 1.82) is 0 Å². The Morgan fingerprint density at radius 3 is 2.68 bits per heavy atom. The minimum absolute atomic E-state index is 0.123. The fourth-order valence-electron chi connectivity index (χ4n) is 2.47. The van der Waals surface area contributed by atoms with Crippen molar-refractivity contribution in [2.45, 2.75) is 12.8 Å². The third kappa shape index (κ3) is 3.26. The Labute approximate surface area is 111 Å². The first-order valence-electron chi connectivity index (χ1n) is 6.44. The highest BCUT2D eigenvalue weighted by molar-refractivity contribution is 5.98. The molecule has 2 nitrogen and oxygen atoms in total. The molecule has 1 aliphatic rings. The zero-order chi connectivity index (χ0) is 13.8. The van der Waals surface area contributed by atoms with Gasteiger partial charge in [0.05, 0.1) is 5.56 Å². The maximum Gasteiger partial charge on any atom is 0.169 e. The lowest BCUT2D eigenvalue weighted by Crippen LogP contribution is -2.36. The quantitative estimate of drug-likeness (QED) is 0.616. The van der Waals surface area contributed by atoms with Gasteiger partial charge in [0.25, 0.3) is 0 Å². The molecule has 1 heterocycles. The first-order chi connectivity index (χ1) is 9.11. The van der Waals surface area contributed by atoms with Gasteiger partial charge in [-0.25, -0.2) is 8.78 Å². The van der Waals surface area contributed by atoms with Crippen LogP contribution in [0.4, 0.5) is 8.78 Å². The van der Waals surface area contributed by atoms with Crippen molar-refractivity contribution in [2.24, 2.45) is 5.92 Å². The molecule has 0 aliphatic carbocycles. The van der Waals surface area contributed by atoms with E-state index in [2.05, 4.69) is 11.5 Å². The van der Waals surface area contributed by atoms with E-state index in [1.165, 1.54) is 0 Å². The summed E-state index contributed by atoms with van der Waals surface area (Å²) < 4.78 is 26.7. The second-order valence-corrected chi connectivity index (χ2v) is 4.85. The molecule has 0 bridgehead atoms. The van der Waals surface area contributed by atoms with Gasteiger partial charge in [-0.15, -0.1) is 6.58 Å². The van der Waals surface area contributed by atoms with E-state index in [0.29, 0.717) is 12.8 Å². The van der Waals surface area contributed by atoms with Gasteiger partial charge < -0.3 is 0 Å². The molecule has 19 heavy (non-hydrogen) atoms. The highest BCUT2D eigenvalue weighted by Gasteiger charge is 2.27. The summed E-state index contributed by atoms with van der Waals surface area (Å²) >= 11 is 0. The second-order valence-electron chi connectivity index (χ2n) is 4.85. The van der Waals surface area contributed by atoms with Crippen LogP contribution in [0.15, 0.2) is 30.9 Å². The molecule has 1 saturated heterocycles. The molecule has 0 N–H and O–H groups in total. The van der Waals surface area contributed by atoms with Gasteiger partial charge in [0, 0.05) is 12.5 Å². The molecule has 2 rings (SSSR count). The van der Waals surface area contributed by atoms with Gasteiger partial charge in [0.1, 0.15) is 11.6 Å². The smallest absolute Gasteiger partial charge is 0.169 e. The van der Waals surface area contributed by atoms with E-state index >= 15 is 0 Å². The van der Waals surface area contributed by atoms with E-state index in [4.69, 9.17) is 0 Å². The largest absolute Gasteiger partial charge is 0.300 e. The van der Waals surface area contributed by atoms with E-state index in [-0.39, 0.29) is 17.3 Å². The Kier molecular flexibility index (Phi) is 4.43. The van der Waals surface area contributed by atoms with Gasteiger partial charge in [-0.1, -0.05) is 6.08 Å². The molecule has 0 atom stereocenters. The van der Waals surface area contributed by atoms with Gasteiger partial charge in [-0.3, -0.25) is 9.69 Å². The van der Waals surface area contributed by atoms with E-state index in [9.17, 15) is 13.6 Å². The molecule has 0 amide bonds. The number of Topliss-reactive ketones (excluding diaryl/α,β-unsaturated/α-hetero) is 1. The van der Waals surface area contributed by atoms with Crippen LogP contribution in [0.25, 0.3) is 0 Å². The van der Waals surface area contributed by atoms with Crippen molar-refractivity contribution in [1.82, 2.24) is 4.90 Å². The Balaban J connectivity index is 2.05. The van der Waals surface area contributed by atoms with Gasteiger partial charge >= 0.3 is 0 Å². The lowest BCUT2D eigenvalue weighted by molar-refractivity contribution is 0.0844. The van der Waals surface area contributed by atoms with Gasteiger partial charge in [-0.2, -0.15) is 0 Å². The minimum Gasteiger partial charge on any atom is -0.300 e. The molecule has 1 aliphatic heterocycles. The Hall–Kier alpha value is -1.55. The van der Waals surface area contributed by atoms with Crippen molar-refractivity contribution in [3.05, 3.63) is 48.1 Å². The first kappa shape index (κ1) is 13.9. The number of hydrogen-bond acceptors (Lipinski definition) is 2. The Morgan fingerprint density at radius 1 is 1.37 bits per heavy atom. The fraction of sp³-hybridized carbons (Fsp3) is 0.400. The zero-order valence-corrected chi connectivity index (χ0v) is 10.7. The molecule has 4 heteroatoms. The SMILES string of the molecule is C=CCN1CCC(C(=O)c2cc(F)ccc2F)CC1. The average molecular weight is 265 g/mol. The number of piperidine rings is 1. The number of carbonyl (C=O) groups excluding carboxylic acids is 1. The van der Waals surface area contributed by atoms with Crippen LogP contribution in [0.5, 0.6) is 0 Å². The standard InChI is InChI=1S/C15H17F2NO/c1-2-7-18-8-5-11(6-9-18)15(19)13-10-12(16)3-4-14(13)17/h2-4,10-11H,1,5-9H2. The minimum atomic E-state index is -0.639. The summed E-state index contributed by atoms with van der Waals surface area (Å²) in [7, 11) is 0. The molecule has 1 fully saturated rings. The molecule has 1 aromatic rings. The van der Waals surface area contributed by atoms with Crippen LogP contribution in [0.3, 0.4) is 0 Å². The monoisotopic (exact) mass is 265 g/mol. The molecule has 0 aromatic heterocycles. The Morgan fingerprint density at radius 2 is 2.05 bits per heavy atom. The van der Waals surface area contributed by atoms with Gasteiger partial charge in [0.15, 0.2) is 5.78 Å². The Bertz CT molecular complexity index is 479. The van der Waals surface area contributed by atoms with Crippen LogP contribution in [-0.2, 0) is 0 Å². The normalized spacial score (nSPS) is 17.4. The van der Waals surface area contributed by atoms with Crippen molar-refractivity contribution in [3.63, 3.8) is 0 Å². The van der Waals surface area contributed by atoms with Crippen LogP contribution >= 0.6 is 0 Å². The third-order valence-corrected chi connectivity index (χ3v) is 3.54. The van der Waals surface area contributed by atoms with Crippen molar-refractivity contribution in [2.75, 3.05) is 19.6 Å². The van der Waals surface area contributed by atoms with Crippen molar-refractivity contribution < 1.29 is 13.6 Å². The molecular weight excluding hydrogens is 248 g/mol. The summed E-state index contributed by atoms with van der Waals surface area (Å²) in [6.45, 7) is 6.06. The number of ketones is 1. The second kappa shape index (κ2) is 6.06. The maximum atomic E-state index is 13.6. The highest BCUT2D eigenvalue weighted by atomic mass is 19.1. The van der Waals surface area contributed by atoms with Crippen LogP contribution in [0.2, 0.25) is 0 Å². The van der Waals surface area contributed by atoms with E-state index in [1.807, 2.05) is 6.08 Å². The first-order valence-corrected chi connectivity index (χ1v) is 6.44. The van der Waals surface area contributed by atoms with E-state index in [0.717, 1.165) is 37.8 Å². The predicted octanol–water partition coefficient (Wildman–Crippen LogP) is 3.05. The molecule has 102 valence electrons. The third-order valence-electron chi connectivity index (χ3n) is 3.54. The molecular formula is C15H17F2NO. The molecule has 0 radical (unpaired) electrons.